The van der Waals surface area contributed by atoms with Crippen LogP contribution in [0.1, 0.15) is 0 Å². The third kappa shape index (κ3) is 2.44. The molecule has 6 nitrogen and oxygen atoms in total. The lowest BCUT2D eigenvalue weighted by molar-refractivity contribution is -0.420. The first-order valence-electron chi connectivity index (χ1n) is 3.11. The summed E-state index contributed by atoms with van der Waals surface area (Å²) >= 11 is 0. The van der Waals surface area contributed by atoms with Crippen molar-refractivity contribution >= 4 is 5.97 Å². The number of carboxylic acid groups (broad SMARTS) is 1. The number of hydrogen-bond donors (Lipinski definition) is 2. The molecule has 6 heteroatoms. The van der Waals surface area contributed by atoms with Crippen molar-refractivity contribution in [1.82, 2.24) is 0 Å². The fourth-order valence-corrected chi connectivity index (χ4v) is 0.566. The molecular formula is C7H8N2O4. The van der Waals surface area contributed by atoms with E-state index < -0.39 is 27.9 Å². The summed E-state index contributed by atoms with van der Waals surface area (Å²) in [7, 11) is 0. The normalized spacial score (nSPS) is 11.4. The highest BCUT2D eigenvalue weighted by atomic mass is 16.6. The maximum atomic E-state index is 10.4. The van der Waals surface area contributed by atoms with E-state index in [-0.39, 0.29) is 0 Å². The first-order valence-corrected chi connectivity index (χ1v) is 3.11. The number of hydrogen-bond acceptors (Lipinski definition) is 4. The lowest BCUT2D eigenvalue weighted by atomic mass is 10.2. The lowest BCUT2D eigenvalue weighted by Gasteiger charge is -1.99. The minimum Gasteiger partial charge on any atom is -0.478 e. The molecule has 0 radical (unpaired) electrons. The molecule has 0 aliphatic rings. The second-order valence-corrected chi connectivity index (χ2v) is 2.04. The van der Waals surface area contributed by atoms with Gasteiger partial charge in [0.15, 0.2) is 0 Å². The van der Waals surface area contributed by atoms with Crippen LogP contribution in [0, 0.1) is 10.1 Å². The van der Waals surface area contributed by atoms with E-state index in [1.807, 2.05) is 0 Å². The molecule has 70 valence electrons. The van der Waals surface area contributed by atoms with Crippen molar-refractivity contribution in [3.8, 4) is 0 Å². The van der Waals surface area contributed by atoms with Gasteiger partial charge in [0.25, 0.3) is 5.70 Å². The van der Waals surface area contributed by atoms with Gasteiger partial charge in [0.2, 0.25) is 0 Å². The van der Waals surface area contributed by atoms with E-state index in [1.54, 1.807) is 0 Å². The SMILES string of the molecule is C=C/C(C(=O)O)=C(/N)C(=C)[N+](=O)[O-]. The Labute approximate surface area is 73.8 Å². The van der Waals surface area contributed by atoms with Gasteiger partial charge in [-0.2, -0.15) is 0 Å². The molecule has 0 bridgehead atoms. The molecular weight excluding hydrogens is 176 g/mol. The molecule has 0 aromatic heterocycles. The maximum absolute atomic E-state index is 10.4. The smallest absolute Gasteiger partial charge is 0.338 e. The highest BCUT2D eigenvalue weighted by molar-refractivity contribution is 5.91. The van der Waals surface area contributed by atoms with Crippen molar-refractivity contribution in [3.63, 3.8) is 0 Å². The Bertz CT molecular complexity index is 316. The number of nitro groups is 1. The van der Waals surface area contributed by atoms with Gasteiger partial charge in [-0.15, -0.1) is 0 Å². The third-order valence-corrected chi connectivity index (χ3v) is 1.26. The van der Waals surface area contributed by atoms with Crippen molar-refractivity contribution in [1.29, 1.82) is 0 Å². The van der Waals surface area contributed by atoms with E-state index in [0.717, 1.165) is 6.08 Å². The van der Waals surface area contributed by atoms with Gasteiger partial charge < -0.3 is 10.8 Å². The van der Waals surface area contributed by atoms with Gasteiger partial charge in [0, 0.05) is 0 Å². The first-order chi connectivity index (χ1) is 5.91. The van der Waals surface area contributed by atoms with Crippen molar-refractivity contribution in [2.24, 2.45) is 5.73 Å². The van der Waals surface area contributed by atoms with Crippen molar-refractivity contribution in [2.75, 3.05) is 0 Å². The summed E-state index contributed by atoms with van der Waals surface area (Å²) in [5.74, 6) is -1.38. The first kappa shape index (κ1) is 10.9. The van der Waals surface area contributed by atoms with Gasteiger partial charge >= 0.3 is 5.97 Å². The Hall–Kier alpha value is -2.11. The second kappa shape index (κ2) is 4.05. The topological polar surface area (TPSA) is 106 Å². The average molecular weight is 184 g/mol. The van der Waals surface area contributed by atoms with E-state index in [2.05, 4.69) is 13.2 Å². The van der Waals surface area contributed by atoms with Crippen LogP contribution in [-0.2, 0) is 4.79 Å². The largest absolute Gasteiger partial charge is 0.478 e. The minimum atomic E-state index is -1.38. The molecule has 0 aromatic carbocycles. The lowest BCUT2D eigenvalue weighted by Crippen LogP contribution is -2.14. The molecule has 0 heterocycles. The summed E-state index contributed by atoms with van der Waals surface area (Å²) in [5, 5.41) is 18.6. The van der Waals surface area contributed by atoms with Crippen LogP contribution in [0.3, 0.4) is 0 Å². The van der Waals surface area contributed by atoms with Crippen LogP contribution in [0.5, 0.6) is 0 Å². The van der Waals surface area contributed by atoms with E-state index in [0.29, 0.717) is 0 Å². The zero-order valence-corrected chi connectivity index (χ0v) is 6.69. The van der Waals surface area contributed by atoms with Gasteiger partial charge in [-0.3, -0.25) is 10.1 Å². The number of aliphatic carboxylic acids is 1. The Morgan fingerprint density at radius 1 is 1.62 bits per heavy atom. The molecule has 0 atom stereocenters. The number of nitrogens with two attached hydrogens (primary N) is 1. The second-order valence-electron chi connectivity index (χ2n) is 2.04. The molecule has 0 aliphatic heterocycles. The van der Waals surface area contributed by atoms with Crippen LogP contribution in [0.25, 0.3) is 0 Å². The molecule has 3 N–H and O–H groups in total. The predicted octanol–water partition coefficient (Wildman–Crippen LogP) is 0.260. The van der Waals surface area contributed by atoms with Crippen molar-refractivity contribution < 1.29 is 14.8 Å². The summed E-state index contributed by atoms with van der Waals surface area (Å²) in [6.45, 7) is 6.17. The van der Waals surface area contributed by atoms with Crippen LogP contribution in [0.2, 0.25) is 0 Å². The van der Waals surface area contributed by atoms with E-state index in [4.69, 9.17) is 10.8 Å². The minimum absolute atomic E-state index is 0.429. The fourth-order valence-electron chi connectivity index (χ4n) is 0.566. The van der Waals surface area contributed by atoms with E-state index in [1.165, 1.54) is 0 Å². The van der Waals surface area contributed by atoms with Gasteiger partial charge in [-0.05, 0) is 6.58 Å². The molecule has 0 amide bonds. The fraction of sp³-hybridized carbons (Fsp3) is 0. The molecule has 0 saturated carbocycles. The van der Waals surface area contributed by atoms with Gasteiger partial charge in [0.05, 0.1) is 10.5 Å². The molecule has 0 fully saturated rings. The van der Waals surface area contributed by atoms with Crippen LogP contribution in [-0.4, -0.2) is 16.0 Å². The van der Waals surface area contributed by atoms with Crippen molar-refractivity contribution in [2.45, 2.75) is 0 Å². The quantitative estimate of drug-likeness (QED) is 0.282. The number of nitrogens with zero attached hydrogens (tertiary/aromatic N) is 1. The van der Waals surface area contributed by atoms with Gasteiger partial charge in [-0.25, -0.2) is 4.79 Å². The van der Waals surface area contributed by atoms with Crippen LogP contribution in [0.4, 0.5) is 0 Å². The highest BCUT2D eigenvalue weighted by Crippen LogP contribution is 2.09. The summed E-state index contributed by atoms with van der Waals surface area (Å²) in [6, 6.07) is 0. The zero-order chi connectivity index (χ0) is 10.6. The summed E-state index contributed by atoms with van der Waals surface area (Å²) in [5.41, 5.74) is 3.58. The third-order valence-electron chi connectivity index (χ3n) is 1.26. The van der Waals surface area contributed by atoms with Gasteiger partial charge in [-0.1, -0.05) is 12.7 Å². The summed E-state index contributed by atoms with van der Waals surface area (Å²) in [6.07, 6.45) is 0.923. The molecule has 0 saturated heterocycles. The highest BCUT2D eigenvalue weighted by Gasteiger charge is 2.18. The molecule has 0 spiro atoms. The standard InChI is InChI=1S/C7H8N2O4/c1-3-5(7(10)11)6(8)4(2)9(12)13/h3H,1-2,8H2,(H,10,11)/b6-5-. The van der Waals surface area contributed by atoms with E-state index in [9.17, 15) is 14.9 Å². The Kier molecular flexibility index (Phi) is 3.39. The zero-order valence-electron chi connectivity index (χ0n) is 6.69. The van der Waals surface area contributed by atoms with E-state index >= 15 is 0 Å². The number of carbonyl (C=O) groups is 1. The molecule has 0 rings (SSSR count). The molecule has 0 aliphatic carbocycles. The van der Waals surface area contributed by atoms with Crippen LogP contribution < -0.4 is 5.73 Å². The Morgan fingerprint density at radius 2 is 2.08 bits per heavy atom. The van der Waals surface area contributed by atoms with Gasteiger partial charge in [0.1, 0.15) is 5.70 Å². The molecule has 13 heavy (non-hydrogen) atoms. The predicted molar refractivity (Wildman–Crippen MR) is 45.2 cm³/mol. The maximum Gasteiger partial charge on any atom is 0.338 e. The summed E-state index contributed by atoms with van der Waals surface area (Å²) in [4.78, 5) is 19.7. The summed E-state index contributed by atoms with van der Waals surface area (Å²) < 4.78 is 0. The number of rotatable bonds is 4. The average Bonchev–Trinajstić information content (AvgIpc) is 2.03. The molecule has 0 unspecified atom stereocenters. The monoisotopic (exact) mass is 184 g/mol. The van der Waals surface area contributed by atoms with Crippen molar-refractivity contribution in [3.05, 3.63) is 46.3 Å². The molecule has 0 aromatic rings. The number of carboxylic acids is 1. The Morgan fingerprint density at radius 3 is 2.31 bits per heavy atom. The Balaban J connectivity index is 5.20. The van der Waals surface area contributed by atoms with Crippen LogP contribution in [0.15, 0.2) is 36.2 Å². The van der Waals surface area contributed by atoms with Crippen LogP contribution >= 0.6 is 0 Å².